The monoisotopic (exact) mass is 280 g/mol. The van der Waals surface area contributed by atoms with Crippen LogP contribution in [0, 0.1) is 11.8 Å². The minimum Gasteiger partial charge on any atom is -0.375 e. The number of rotatable bonds is 4. The predicted octanol–water partition coefficient (Wildman–Crippen LogP) is 2.61. The molecule has 3 nitrogen and oxygen atoms in total. The molecule has 3 aliphatic rings. The van der Waals surface area contributed by atoms with Gasteiger partial charge in [0, 0.05) is 19.6 Å². The molecule has 3 fully saturated rings. The highest BCUT2D eigenvalue weighted by Crippen LogP contribution is 2.32. The van der Waals surface area contributed by atoms with Gasteiger partial charge in [-0.3, -0.25) is 0 Å². The molecule has 116 valence electrons. The summed E-state index contributed by atoms with van der Waals surface area (Å²) >= 11 is 0. The van der Waals surface area contributed by atoms with Crippen molar-refractivity contribution in [3.8, 4) is 0 Å². The highest BCUT2D eigenvalue weighted by molar-refractivity contribution is 4.82. The molecule has 0 amide bonds. The molecule has 1 saturated carbocycles. The molecule has 3 heteroatoms. The fourth-order valence-corrected chi connectivity index (χ4v) is 4.05. The van der Waals surface area contributed by atoms with E-state index in [2.05, 4.69) is 23.8 Å². The van der Waals surface area contributed by atoms with Crippen LogP contribution in [0.4, 0.5) is 0 Å². The summed E-state index contributed by atoms with van der Waals surface area (Å²) in [6, 6.07) is 0. The lowest BCUT2D eigenvalue weighted by Crippen LogP contribution is -2.44. The third-order valence-electron chi connectivity index (χ3n) is 5.60. The number of piperidine rings is 2. The summed E-state index contributed by atoms with van der Waals surface area (Å²) in [5.74, 6) is 1.85. The summed E-state index contributed by atoms with van der Waals surface area (Å²) < 4.78 is 6.22. The highest BCUT2D eigenvalue weighted by Gasteiger charge is 2.30. The van der Waals surface area contributed by atoms with Crippen molar-refractivity contribution >= 4 is 0 Å². The van der Waals surface area contributed by atoms with Crippen molar-refractivity contribution in [1.29, 1.82) is 0 Å². The van der Waals surface area contributed by atoms with E-state index in [1.807, 2.05) is 0 Å². The van der Waals surface area contributed by atoms with E-state index in [-0.39, 0.29) is 0 Å². The molecule has 0 radical (unpaired) electrons. The SMILES string of the molecule is CN1CCC(CN2CCC(O[C@H]3C[C@H](C)C3)CC2)CC1. The number of hydrogen-bond donors (Lipinski definition) is 0. The predicted molar refractivity (Wildman–Crippen MR) is 83.0 cm³/mol. The second-order valence-corrected chi connectivity index (χ2v) is 7.58. The smallest absolute Gasteiger partial charge is 0.0603 e. The van der Waals surface area contributed by atoms with Crippen molar-refractivity contribution in [2.75, 3.05) is 39.8 Å². The maximum Gasteiger partial charge on any atom is 0.0603 e. The first-order valence-electron chi connectivity index (χ1n) is 8.75. The van der Waals surface area contributed by atoms with Crippen LogP contribution in [0.25, 0.3) is 0 Å². The van der Waals surface area contributed by atoms with Crippen LogP contribution in [0.5, 0.6) is 0 Å². The first-order valence-corrected chi connectivity index (χ1v) is 8.75. The highest BCUT2D eigenvalue weighted by atomic mass is 16.5. The summed E-state index contributed by atoms with van der Waals surface area (Å²) in [6.07, 6.45) is 9.07. The van der Waals surface area contributed by atoms with Gasteiger partial charge in [0.25, 0.3) is 0 Å². The van der Waals surface area contributed by atoms with Gasteiger partial charge in [0.15, 0.2) is 0 Å². The van der Waals surface area contributed by atoms with E-state index in [0.29, 0.717) is 12.2 Å². The maximum atomic E-state index is 6.22. The van der Waals surface area contributed by atoms with Gasteiger partial charge >= 0.3 is 0 Å². The molecule has 0 N–H and O–H groups in total. The minimum atomic E-state index is 0.557. The zero-order chi connectivity index (χ0) is 13.9. The Balaban J connectivity index is 1.32. The van der Waals surface area contributed by atoms with E-state index < -0.39 is 0 Å². The Hall–Kier alpha value is -0.120. The van der Waals surface area contributed by atoms with E-state index >= 15 is 0 Å². The maximum absolute atomic E-state index is 6.22. The van der Waals surface area contributed by atoms with Crippen LogP contribution < -0.4 is 0 Å². The fraction of sp³-hybridized carbons (Fsp3) is 1.00. The van der Waals surface area contributed by atoms with E-state index in [4.69, 9.17) is 4.74 Å². The molecule has 2 heterocycles. The largest absolute Gasteiger partial charge is 0.375 e. The second-order valence-electron chi connectivity index (χ2n) is 7.58. The first-order chi connectivity index (χ1) is 9.69. The van der Waals surface area contributed by atoms with Crippen LogP contribution in [-0.2, 0) is 4.74 Å². The summed E-state index contributed by atoms with van der Waals surface area (Å²) in [7, 11) is 2.25. The Morgan fingerprint density at radius 2 is 1.55 bits per heavy atom. The molecule has 0 unspecified atom stereocenters. The summed E-state index contributed by atoms with van der Waals surface area (Å²) in [4.78, 5) is 5.16. The minimum absolute atomic E-state index is 0.557. The van der Waals surface area contributed by atoms with Crippen molar-refractivity contribution in [2.24, 2.45) is 11.8 Å². The fourth-order valence-electron chi connectivity index (χ4n) is 4.05. The van der Waals surface area contributed by atoms with Crippen LogP contribution >= 0.6 is 0 Å². The van der Waals surface area contributed by atoms with Gasteiger partial charge in [-0.05, 0) is 70.5 Å². The normalized spacial score (nSPS) is 35.1. The molecule has 0 atom stereocenters. The van der Waals surface area contributed by atoms with Gasteiger partial charge in [-0.1, -0.05) is 6.92 Å². The Labute approximate surface area is 124 Å². The van der Waals surface area contributed by atoms with Crippen molar-refractivity contribution < 1.29 is 4.74 Å². The van der Waals surface area contributed by atoms with Crippen LogP contribution in [0.2, 0.25) is 0 Å². The number of ether oxygens (including phenoxy) is 1. The molecule has 0 aromatic carbocycles. The van der Waals surface area contributed by atoms with E-state index in [1.165, 1.54) is 71.2 Å². The molecule has 1 aliphatic carbocycles. The molecule has 3 rings (SSSR count). The Morgan fingerprint density at radius 3 is 2.15 bits per heavy atom. The molecule has 0 bridgehead atoms. The Bertz CT molecular complexity index is 287. The molecule has 2 aliphatic heterocycles. The van der Waals surface area contributed by atoms with Crippen LogP contribution in [0.3, 0.4) is 0 Å². The van der Waals surface area contributed by atoms with Gasteiger partial charge in [-0.25, -0.2) is 0 Å². The number of likely N-dealkylation sites (tertiary alicyclic amines) is 2. The van der Waals surface area contributed by atoms with E-state index in [1.54, 1.807) is 0 Å². The quantitative estimate of drug-likeness (QED) is 0.787. The standard InChI is InChI=1S/C17H32N2O/c1-14-11-17(12-14)20-16-5-9-19(10-6-16)13-15-3-7-18(2)8-4-15/h14-17H,3-13H2,1-2H3/t14-,17-. The summed E-state index contributed by atoms with van der Waals surface area (Å²) in [5, 5.41) is 0. The Morgan fingerprint density at radius 1 is 0.900 bits per heavy atom. The molecule has 0 spiro atoms. The zero-order valence-corrected chi connectivity index (χ0v) is 13.4. The molecular formula is C17H32N2O. The topological polar surface area (TPSA) is 15.7 Å². The third-order valence-corrected chi connectivity index (χ3v) is 5.60. The average molecular weight is 280 g/mol. The molecular weight excluding hydrogens is 248 g/mol. The number of nitrogens with zero attached hydrogens (tertiary/aromatic N) is 2. The number of hydrogen-bond acceptors (Lipinski definition) is 3. The van der Waals surface area contributed by atoms with Gasteiger partial charge in [0.05, 0.1) is 12.2 Å². The van der Waals surface area contributed by atoms with Crippen molar-refractivity contribution in [3.63, 3.8) is 0 Å². The third kappa shape index (κ3) is 3.96. The first kappa shape index (κ1) is 14.8. The zero-order valence-electron chi connectivity index (χ0n) is 13.4. The summed E-state index contributed by atoms with van der Waals surface area (Å²) in [5.41, 5.74) is 0. The van der Waals surface area contributed by atoms with Gasteiger partial charge in [-0.2, -0.15) is 0 Å². The van der Waals surface area contributed by atoms with Gasteiger partial charge < -0.3 is 14.5 Å². The second kappa shape index (κ2) is 6.76. The molecule has 20 heavy (non-hydrogen) atoms. The molecule has 2 saturated heterocycles. The van der Waals surface area contributed by atoms with Gasteiger partial charge in [0.2, 0.25) is 0 Å². The van der Waals surface area contributed by atoms with Gasteiger partial charge in [0.1, 0.15) is 0 Å². The van der Waals surface area contributed by atoms with Crippen molar-refractivity contribution in [3.05, 3.63) is 0 Å². The van der Waals surface area contributed by atoms with Crippen LogP contribution in [0.1, 0.15) is 45.4 Å². The lowest BCUT2D eigenvalue weighted by atomic mass is 9.84. The average Bonchev–Trinajstić information content (AvgIpc) is 2.42. The van der Waals surface area contributed by atoms with Crippen molar-refractivity contribution in [2.45, 2.75) is 57.7 Å². The van der Waals surface area contributed by atoms with E-state index in [0.717, 1.165) is 11.8 Å². The summed E-state index contributed by atoms with van der Waals surface area (Å²) in [6.45, 7) is 8.79. The van der Waals surface area contributed by atoms with Crippen LogP contribution in [-0.4, -0.2) is 61.8 Å². The van der Waals surface area contributed by atoms with Crippen molar-refractivity contribution in [1.82, 2.24) is 9.80 Å². The Kier molecular flexibility index (Phi) is 5.00. The van der Waals surface area contributed by atoms with Gasteiger partial charge in [-0.15, -0.1) is 0 Å². The van der Waals surface area contributed by atoms with E-state index in [9.17, 15) is 0 Å². The lowest BCUT2D eigenvalue weighted by Gasteiger charge is -2.40. The lowest BCUT2D eigenvalue weighted by molar-refractivity contribution is -0.0915. The molecule has 0 aromatic rings. The van der Waals surface area contributed by atoms with Crippen LogP contribution in [0.15, 0.2) is 0 Å². The molecule has 0 aromatic heterocycles.